The Morgan fingerprint density at radius 1 is 0.478 bits per heavy atom. The SMILES string of the molecule is C[O][Bi]([O]C)([c]1ccccc1)([c]1ccccc1)[c]1ccccc1. The molecule has 0 N–H and O–H groups in total. The van der Waals surface area contributed by atoms with E-state index >= 15 is 0 Å². The van der Waals surface area contributed by atoms with Gasteiger partial charge in [-0.1, -0.05) is 0 Å². The van der Waals surface area contributed by atoms with E-state index in [4.69, 9.17) is 5.63 Å². The molecule has 3 aromatic carbocycles. The van der Waals surface area contributed by atoms with Crippen molar-refractivity contribution in [3.05, 3.63) is 91.0 Å². The van der Waals surface area contributed by atoms with E-state index in [2.05, 4.69) is 36.4 Å². The molecule has 0 aliphatic rings. The Kier molecular flexibility index (Phi) is 4.63. The molecule has 0 fully saturated rings. The molecule has 0 saturated heterocycles. The molecule has 0 aliphatic carbocycles. The van der Waals surface area contributed by atoms with Gasteiger partial charge < -0.3 is 0 Å². The van der Waals surface area contributed by atoms with Gasteiger partial charge in [-0.3, -0.25) is 0 Å². The molecule has 0 amide bonds. The van der Waals surface area contributed by atoms with Crippen LogP contribution in [0, 0.1) is 0 Å². The minimum absolute atomic E-state index is 1.14. The fourth-order valence-electron chi connectivity index (χ4n) is 3.25. The first-order chi connectivity index (χ1) is 11.3. The number of hydrogen-bond donors (Lipinski definition) is 0. The van der Waals surface area contributed by atoms with Crippen LogP contribution in [0.3, 0.4) is 0 Å². The van der Waals surface area contributed by atoms with Crippen molar-refractivity contribution in [1.29, 1.82) is 0 Å². The van der Waals surface area contributed by atoms with Crippen LogP contribution in [0.5, 0.6) is 0 Å². The number of benzene rings is 3. The third-order valence-corrected chi connectivity index (χ3v) is 24.2. The zero-order valence-corrected chi connectivity index (χ0v) is 16.9. The van der Waals surface area contributed by atoms with Crippen molar-refractivity contribution in [2.75, 3.05) is 14.2 Å². The van der Waals surface area contributed by atoms with E-state index in [1.165, 1.54) is 0 Å². The predicted molar refractivity (Wildman–Crippen MR) is 98.0 cm³/mol. The molecule has 118 valence electrons. The van der Waals surface area contributed by atoms with Gasteiger partial charge in [-0.05, 0) is 0 Å². The summed E-state index contributed by atoms with van der Waals surface area (Å²) in [5.41, 5.74) is 0. The summed E-state index contributed by atoms with van der Waals surface area (Å²) in [4.78, 5) is 0. The van der Waals surface area contributed by atoms with Gasteiger partial charge in [0.15, 0.2) is 0 Å². The third kappa shape index (κ3) is 2.35. The molecule has 0 bridgehead atoms. The molecule has 0 aliphatic heterocycles. The molecule has 0 spiro atoms. The molecule has 0 aromatic heterocycles. The third-order valence-electron chi connectivity index (χ3n) is 4.37. The van der Waals surface area contributed by atoms with Gasteiger partial charge in [0.1, 0.15) is 0 Å². The molecular formula is C20H21BiO2. The van der Waals surface area contributed by atoms with Crippen LogP contribution in [0.2, 0.25) is 0 Å². The van der Waals surface area contributed by atoms with Crippen molar-refractivity contribution in [1.82, 2.24) is 0 Å². The summed E-state index contributed by atoms with van der Waals surface area (Å²) < 4.78 is 16.3. The Morgan fingerprint density at radius 3 is 0.957 bits per heavy atom. The number of hydrogen-bond acceptors (Lipinski definition) is 2. The monoisotopic (exact) mass is 502 g/mol. The van der Waals surface area contributed by atoms with Crippen LogP contribution in [0.25, 0.3) is 0 Å². The standard InChI is InChI=1S/3C6H5.2CH3O.Bi/c3*1-2-4-6-5-3-1;2*1-2;/h3*1-5H;2*1H3;/q;;;2*-1;+2. The van der Waals surface area contributed by atoms with Gasteiger partial charge in [0.05, 0.1) is 0 Å². The zero-order valence-electron chi connectivity index (χ0n) is 13.4. The summed E-state index contributed by atoms with van der Waals surface area (Å²) >= 11 is -4.64. The number of rotatable bonds is 5. The molecule has 0 unspecified atom stereocenters. The van der Waals surface area contributed by atoms with E-state index in [1.807, 2.05) is 54.6 Å². The first-order valence-corrected chi connectivity index (χ1v) is 15.6. The second-order valence-electron chi connectivity index (χ2n) is 5.33. The van der Waals surface area contributed by atoms with Crippen molar-refractivity contribution in [2.24, 2.45) is 0 Å². The summed E-state index contributed by atoms with van der Waals surface area (Å²) in [7, 11) is 3.56. The van der Waals surface area contributed by atoms with Gasteiger partial charge in [0, 0.05) is 0 Å². The fraction of sp³-hybridized carbons (Fsp3) is 0.100. The minimum atomic E-state index is -4.64. The van der Waals surface area contributed by atoms with E-state index in [1.54, 1.807) is 14.2 Å². The normalized spacial score (nSPS) is 13.2. The molecule has 0 atom stereocenters. The maximum atomic E-state index is 6.42. The van der Waals surface area contributed by atoms with Crippen molar-refractivity contribution >= 4 is 29.5 Å². The summed E-state index contributed by atoms with van der Waals surface area (Å²) in [6, 6.07) is 31.1. The molecule has 0 radical (unpaired) electrons. The molecule has 3 rings (SSSR count). The van der Waals surface area contributed by atoms with Crippen LogP contribution in [-0.4, -0.2) is 33.9 Å². The quantitative estimate of drug-likeness (QED) is 0.500. The summed E-state index contributed by atoms with van der Waals surface area (Å²) in [6.45, 7) is 0. The van der Waals surface area contributed by atoms with Gasteiger partial charge in [-0.15, -0.1) is 0 Å². The summed E-state index contributed by atoms with van der Waals surface area (Å²) in [5.74, 6) is 0. The Labute approximate surface area is 140 Å². The first kappa shape index (κ1) is 16.3. The van der Waals surface area contributed by atoms with Gasteiger partial charge in [0.2, 0.25) is 0 Å². The maximum absolute atomic E-state index is 6.42. The Balaban J connectivity index is 2.46. The van der Waals surface area contributed by atoms with E-state index in [9.17, 15) is 0 Å². The van der Waals surface area contributed by atoms with Crippen LogP contribution in [0.1, 0.15) is 0 Å². The van der Waals surface area contributed by atoms with E-state index in [0.29, 0.717) is 0 Å². The first-order valence-electron chi connectivity index (χ1n) is 7.58. The Morgan fingerprint density at radius 2 is 0.739 bits per heavy atom. The summed E-state index contributed by atoms with van der Waals surface area (Å²) in [5, 5.41) is 0. The predicted octanol–water partition coefficient (Wildman–Crippen LogP) is 2.40. The van der Waals surface area contributed by atoms with Crippen molar-refractivity contribution in [3.63, 3.8) is 0 Å². The van der Waals surface area contributed by atoms with Crippen molar-refractivity contribution in [2.45, 2.75) is 0 Å². The van der Waals surface area contributed by atoms with Crippen LogP contribution >= 0.6 is 0 Å². The van der Waals surface area contributed by atoms with E-state index < -0.39 is 19.7 Å². The van der Waals surface area contributed by atoms with Crippen molar-refractivity contribution < 1.29 is 5.63 Å². The Hall–Kier alpha value is -1.54. The summed E-state index contributed by atoms with van der Waals surface area (Å²) in [6.07, 6.45) is 0. The average molecular weight is 502 g/mol. The van der Waals surface area contributed by atoms with Crippen LogP contribution in [-0.2, 0) is 5.63 Å². The van der Waals surface area contributed by atoms with Crippen molar-refractivity contribution in [3.8, 4) is 0 Å². The molecule has 3 aromatic rings. The van der Waals surface area contributed by atoms with Gasteiger partial charge in [-0.2, -0.15) is 0 Å². The van der Waals surface area contributed by atoms with E-state index in [0.717, 1.165) is 9.81 Å². The topological polar surface area (TPSA) is 18.5 Å². The van der Waals surface area contributed by atoms with Crippen LogP contribution in [0.4, 0.5) is 0 Å². The average Bonchev–Trinajstić information content (AvgIpc) is 2.67. The molecule has 0 saturated carbocycles. The van der Waals surface area contributed by atoms with Gasteiger partial charge >= 0.3 is 140 Å². The second-order valence-corrected chi connectivity index (χ2v) is 21.6. The van der Waals surface area contributed by atoms with Crippen LogP contribution < -0.4 is 9.81 Å². The molecule has 0 heterocycles. The second kappa shape index (κ2) is 6.53. The van der Waals surface area contributed by atoms with Gasteiger partial charge in [0.25, 0.3) is 0 Å². The molecule has 2 nitrogen and oxygen atoms in total. The molecule has 3 heteroatoms. The zero-order chi connectivity index (χ0) is 16.2. The Bertz CT molecular complexity index is 650. The van der Waals surface area contributed by atoms with Crippen LogP contribution in [0.15, 0.2) is 91.0 Å². The fourth-order valence-corrected chi connectivity index (χ4v) is 20.5. The molecule has 23 heavy (non-hydrogen) atoms. The molecular weight excluding hydrogens is 481 g/mol. The van der Waals surface area contributed by atoms with Gasteiger partial charge in [-0.25, -0.2) is 0 Å². The van der Waals surface area contributed by atoms with E-state index in [-0.39, 0.29) is 0 Å².